The molecule has 0 saturated carbocycles. The number of nitrogens with one attached hydrogen (secondary N) is 1. The van der Waals surface area contributed by atoms with Crippen molar-refractivity contribution in [3.63, 3.8) is 0 Å². The Bertz CT molecular complexity index is 711. The second-order valence-electron chi connectivity index (χ2n) is 6.86. The first-order chi connectivity index (χ1) is 13.0. The summed E-state index contributed by atoms with van der Waals surface area (Å²) in [5.74, 6) is 2.25. The number of aromatic hydroxyl groups is 1. The first kappa shape index (κ1) is 21.3. The van der Waals surface area contributed by atoms with E-state index in [9.17, 15) is 9.90 Å². The number of benzene rings is 2. The molecular formula is C22H30N2O2S. The van der Waals surface area contributed by atoms with Gasteiger partial charge in [0.25, 0.3) is 0 Å². The maximum Gasteiger partial charge on any atom is 0.237 e. The van der Waals surface area contributed by atoms with Crippen LogP contribution in [0.3, 0.4) is 0 Å². The molecule has 2 aromatic rings. The van der Waals surface area contributed by atoms with E-state index in [2.05, 4.69) is 29.6 Å². The van der Waals surface area contributed by atoms with Gasteiger partial charge in [-0.25, -0.2) is 0 Å². The Balaban J connectivity index is 1.62. The highest BCUT2D eigenvalue weighted by Crippen LogP contribution is 2.21. The molecule has 4 nitrogen and oxygen atoms in total. The number of carbonyl (C=O) groups excluding carboxylic acids is 1. The smallest absolute Gasteiger partial charge is 0.237 e. The Morgan fingerprint density at radius 1 is 1.15 bits per heavy atom. The van der Waals surface area contributed by atoms with E-state index in [0.717, 1.165) is 41.0 Å². The van der Waals surface area contributed by atoms with Gasteiger partial charge >= 0.3 is 0 Å². The number of hydrogen-bond acceptors (Lipinski definition) is 4. The molecule has 1 unspecified atom stereocenters. The highest BCUT2D eigenvalue weighted by molar-refractivity contribution is 7.99. The average molecular weight is 387 g/mol. The first-order valence-corrected chi connectivity index (χ1v) is 10.6. The lowest BCUT2D eigenvalue weighted by molar-refractivity contribution is -0.122. The normalized spacial score (nSPS) is 12.0. The summed E-state index contributed by atoms with van der Waals surface area (Å²) in [7, 11) is 0. The predicted octanol–water partition coefficient (Wildman–Crippen LogP) is 3.36. The molecule has 0 aliphatic heterocycles. The van der Waals surface area contributed by atoms with Crippen LogP contribution in [0.15, 0.2) is 42.5 Å². The van der Waals surface area contributed by atoms with Gasteiger partial charge in [-0.05, 0) is 79.0 Å². The molecule has 1 amide bonds. The number of hydrogen-bond donors (Lipinski definition) is 3. The van der Waals surface area contributed by atoms with Crippen LogP contribution in [0.4, 0.5) is 0 Å². The van der Waals surface area contributed by atoms with Gasteiger partial charge in [0, 0.05) is 6.54 Å². The number of rotatable bonds is 10. The minimum absolute atomic E-state index is 0.115. The second kappa shape index (κ2) is 11.0. The van der Waals surface area contributed by atoms with Crippen LogP contribution in [0.25, 0.3) is 0 Å². The van der Waals surface area contributed by atoms with E-state index < -0.39 is 6.04 Å². The predicted molar refractivity (Wildman–Crippen MR) is 114 cm³/mol. The Hall–Kier alpha value is -1.98. The topological polar surface area (TPSA) is 75.3 Å². The van der Waals surface area contributed by atoms with Crippen LogP contribution in [0.1, 0.15) is 28.7 Å². The Morgan fingerprint density at radius 2 is 1.81 bits per heavy atom. The average Bonchev–Trinajstić information content (AvgIpc) is 2.64. The number of nitrogens with two attached hydrogens (primary N) is 1. The van der Waals surface area contributed by atoms with Gasteiger partial charge in [0.2, 0.25) is 5.91 Å². The number of aryl methyl sites for hydroxylation is 3. The van der Waals surface area contributed by atoms with E-state index in [-0.39, 0.29) is 11.7 Å². The third-order valence-electron chi connectivity index (χ3n) is 4.58. The molecule has 1 atom stereocenters. The van der Waals surface area contributed by atoms with Gasteiger partial charge in [-0.2, -0.15) is 11.8 Å². The molecule has 5 heteroatoms. The van der Waals surface area contributed by atoms with E-state index >= 15 is 0 Å². The van der Waals surface area contributed by atoms with E-state index in [0.29, 0.717) is 13.0 Å². The van der Waals surface area contributed by atoms with E-state index in [1.807, 2.05) is 31.7 Å². The maximum atomic E-state index is 12.2. The van der Waals surface area contributed by atoms with Crippen molar-refractivity contribution >= 4 is 17.7 Å². The molecule has 0 fully saturated rings. The molecule has 4 N–H and O–H groups in total. The molecule has 0 heterocycles. The number of carbonyl (C=O) groups is 1. The molecule has 0 saturated heterocycles. The standard InChI is InChI=1S/C22H30N2O2S/c1-16-13-19(25)14-17(2)20(16)15-21(23)22(26)24-10-6-11-27-12-9-18-7-4-3-5-8-18/h3-5,7-8,13-14,21,25H,6,9-12,15,23H2,1-2H3,(H,24,26). The van der Waals surface area contributed by atoms with Crippen molar-refractivity contribution in [1.82, 2.24) is 5.32 Å². The van der Waals surface area contributed by atoms with Crippen molar-refractivity contribution in [2.45, 2.75) is 39.2 Å². The van der Waals surface area contributed by atoms with Gasteiger partial charge in [0.15, 0.2) is 0 Å². The minimum atomic E-state index is -0.572. The third-order valence-corrected chi connectivity index (χ3v) is 5.65. The van der Waals surface area contributed by atoms with Crippen molar-refractivity contribution in [2.75, 3.05) is 18.1 Å². The van der Waals surface area contributed by atoms with Crippen molar-refractivity contribution in [2.24, 2.45) is 5.73 Å². The molecule has 2 aromatic carbocycles. The fraction of sp³-hybridized carbons (Fsp3) is 0.409. The Morgan fingerprint density at radius 3 is 2.48 bits per heavy atom. The van der Waals surface area contributed by atoms with E-state index in [1.165, 1.54) is 5.56 Å². The van der Waals surface area contributed by atoms with E-state index in [4.69, 9.17) is 5.73 Å². The molecule has 0 aliphatic rings. The molecule has 2 rings (SSSR count). The molecule has 0 bridgehead atoms. The zero-order chi connectivity index (χ0) is 19.6. The lowest BCUT2D eigenvalue weighted by Gasteiger charge is -2.16. The van der Waals surface area contributed by atoms with Gasteiger partial charge in [0.05, 0.1) is 6.04 Å². The first-order valence-electron chi connectivity index (χ1n) is 9.41. The van der Waals surface area contributed by atoms with Crippen LogP contribution in [-0.2, 0) is 17.6 Å². The molecule has 146 valence electrons. The van der Waals surface area contributed by atoms with Crippen LogP contribution in [-0.4, -0.2) is 35.1 Å². The van der Waals surface area contributed by atoms with Crippen LogP contribution in [0.5, 0.6) is 5.75 Å². The van der Waals surface area contributed by atoms with Gasteiger partial charge < -0.3 is 16.2 Å². The summed E-state index contributed by atoms with van der Waals surface area (Å²) in [6.07, 6.45) is 2.50. The zero-order valence-electron chi connectivity index (χ0n) is 16.2. The molecule has 0 aliphatic carbocycles. The van der Waals surface area contributed by atoms with Crippen molar-refractivity contribution in [3.05, 3.63) is 64.7 Å². The van der Waals surface area contributed by atoms with Crippen LogP contribution in [0.2, 0.25) is 0 Å². The van der Waals surface area contributed by atoms with Crippen LogP contribution >= 0.6 is 11.8 Å². The van der Waals surface area contributed by atoms with Crippen LogP contribution < -0.4 is 11.1 Å². The lowest BCUT2D eigenvalue weighted by atomic mass is 9.96. The minimum Gasteiger partial charge on any atom is -0.508 e. The maximum absolute atomic E-state index is 12.2. The number of thioether (sulfide) groups is 1. The summed E-state index contributed by atoms with van der Waals surface area (Å²) < 4.78 is 0. The largest absolute Gasteiger partial charge is 0.508 e. The Kier molecular flexibility index (Phi) is 8.69. The highest BCUT2D eigenvalue weighted by Gasteiger charge is 2.16. The van der Waals surface area contributed by atoms with E-state index in [1.54, 1.807) is 12.1 Å². The summed E-state index contributed by atoms with van der Waals surface area (Å²) >= 11 is 1.91. The number of phenols is 1. The molecular weight excluding hydrogens is 356 g/mol. The highest BCUT2D eigenvalue weighted by atomic mass is 32.2. The molecule has 0 radical (unpaired) electrons. The summed E-state index contributed by atoms with van der Waals surface area (Å²) in [5.41, 5.74) is 10.4. The fourth-order valence-electron chi connectivity index (χ4n) is 3.06. The molecule has 0 aromatic heterocycles. The molecule has 27 heavy (non-hydrogen) atoms. The number of phenolic OH excluding ortho intramolecular Hbond substituents is 1. The zero-order valence-corrected chi connectivity index (χ0v) is 17.0. The Labute approximate surface area is 166 Å². The third kappa shape index (κ3) is 7.27. The summed E-state index contributed by atoms with van der Waals surface area (Å²) in [6, 6.07) is 13.3. The van der Waals surface area contributed by atoms with Crippen molar-refractivity contribution in [3.8, 4) is 5.75 Å². The fourth-order valence-corrected chi connectivity index (χ4v) is 3.99. The summed E-state index contributed by atoms with van der Waals surface area (Å²) in [4.78, 5) is 12.2. The lowest BCUT2D eigenvalue weighted by Crippen LogP contribution is -2.42. The quantitative estimate of drug-likeness (QED) is 0.547. The van der Waals surface area contributed by atoms with Gasteiger partial charge in [-0.15, -0.1) is 0 Å². The van der Waals surface area contributed by atoms with Gasteiger partial charge in [-0.1, -0.05) is 30.3 Å². The molecule has 0 spiro atoms. The van der Waals surface area contributed by atoms with Crippen LogP contribution in [0, 0.1) is 13.8 Å². The van der Waals surface area contributed by atoms with Gasteiger partial charge in [-0.3, -0.25) is 4.79 Å². The second-order valence-corrected chi connectivity index (χ2v) is 8.09. The monoisotopic (exact) mass is 386 g/mol. The van der Waals surface area contributed by atoms with Crippen molar-refractivity contribution in [1.29, 1.82) is 0 Å². The number of amides is 1. The summed E-state index contributed by atoms with van der Waals surface area (Å²) in [6.45, 7) is 4.51. The van der Waals surface area contributed by atoms with Crippen molar-refractivity contribution < 1.29 is 9.90 Å². The SMILES string of the molecule is Cc1cc(O)cc(C)c1CC(N)C(=O)NCCCSCCc1ccccc1. The van der Waals surface area contributed by atoms with Gasteiger partial charge in [0.1, 0.15) is 5.75 Å². The summed E-state index contributed by atoms with van der Waals surface area (Å²) in [5, 5.41) is 12.6.